The summed E-state index contributed by atoms with van der Waals surface area (Å²) in [5.74, 6) is 2.02. The van der Waals surface area contributed by atoms with Crippen molar-refractivity contribution in [3.05, 3.63) is 69.2 Å². The number of hydrogen-bond acceptors (Lipinski definition) is 6. The summed E-state index contributed by atoms with van der Waals surface area (Å²) < 4.78 is 19.3. The number of nitrogens with zero attached hydrogens (tertiary/aromatic N) is 3. The lowest BCUT2D eigenvalue weighted by atomic mass is 10.1. The van der Waals surface area contributed by atoms with Crippen LogP contribution in [0.2, 0.25) is 0 Å². The van der Waals surface area contributed by atoms with Crippen molar-refractivity contribution in [3.8, 4) is 11.5 Å². The molecular weight excluding hydrogens is 412 g/mol. The Labute approximate surface area is 186 Å². The van der Waals surface area contributed by atoms with Gasteiger partial charge in [0.15, 0.2) is 17.3 Å². The molecule has 0 bridgehead atoms. The third kappa shape index (κ3) is 4.86. The Morgan fingerprint density at radius 1 is 1.26 bits per heavy atom. The Morgan fingerprint density at radius 2 is 2.13 bits per heavy atom. The van der Waals surface area contributed by atoms with Crippen molar-refractivity contribution in [2.75, 3.05) is 13.7 Å². The number of rotatable bonds is 7. The Kier molecular flexibility index (Phi) is 6.48. The fourth-order valence-electron chi connectivity index (χ4n) is 3.52. The largest absolute Gasteiger partial charge is 0.493 e. The third-order valence-corrected chi connectivity index (χ3v) is 5.56. The summed E-state index contributed by atoms with van der Waals surface area (Å²) in [6, 6.07) is 12.1. The number of aromatic nitrogens is 3. The SMILES string of the molecule is COc1cc(/C=N\n2c(C3CCCO3)n[nH]c2=S)ccc1OCc1cc(C)ccc1C. The minimum Gasteiger partial charge on any atom is -0.493 e. The van der Waals surface area contributed by atoms with Gasteiger partial charge in [0.2, 0.25) is 4.77 Å². The monoisotopic (exact) mass is 438 g/mol. The van der Waals surface area contributed by atoms with E-state index in [2.05, 4.69) is 47.3 Å². The van der Waals surface area contributed by atoms with Crippen LogP contribution in [-0.2, 0) is 11.3 Å². The van der Waals surface area contributed by atoms with Crippen LogP contribution in [0.4, 0.5) is 0 Å². The van der Waals surface area contributed by atoms with Crippen molar-refractivity contribution in [2.24, 2.45) is 5.10 Å². The first-order chi connectivity index (χ1) is 15.0. The minimum atomic E-state index is -0.0829. The van der Waals surface area contributed by atoms with Crippen LogP contribution in [0.25, 0.3) is 0 Å². The Balaban J connectivity index is 1.51. The van der Waals surface area contributed by atoms with Crippen molar-refractivity contribution < 1.29 is 14.2 Å². The first-order valence-corrected chi connectivity index (χ1v) is 10.7. The molecule has 1 aliphatic rings. The molecule has 1 N–H and O–H groups in total. The van der Waals surface area contributed by atoms with Gasteiger partial charge in [-0.3, -0.25) is 5.10 Å². The second kappa shape index (κ2) is 9.45. The second-order valence-corrected chi connectivity index (χ2v) is 7.96. The summed E-state index contributed by atoms with van der Waals surface area (Å²) in [6.45, 7) is 5.37. The lowest BCUT2D eigenvalue weighted by Crippen LogP contribution is -2.05. The maximum Gasteiger partial charge on any atom is 0.216 e. The maximum absolute atomic E-state index is 6.04. The molecule has 0 spiro atoms. The molecule has 4 rings (SSSR count). The highest BCUT2D eigenvalue weighted by molar-refractivity contribution is 7.71. The molecule has 3 aromatic rings. The van der Waals surface area contributed by atoms with Crippen LogP contribution in [0.15, 0.2) is 41.5 Å². The number of methoxy groups -OCH3 is 1. The summed E-state index contributed by atoms with van der Waals surface area (Å²) in [4.78, 5) is 0. The van der Waals surface area contributed by atoms with Crippen LogP contribution in [0.1, 0.15) is 47.0 Å². The first-order valence-electron chi connectivity index (χ1n) is 10.3. The summed E-state index contributed by atoms with van der Waals surface area (Å²) in [7, 11) is 1.63. The number of nitrogens with one attached hydrogen (secondary N) is 1. The van der Waals surface area contributed by atoms with Gasteiger partial charge in [-0.25, -0.2) is 0 Å². The van der Waals surface area contributed by atoms with Gasteiger partial charge in [-0.2, -0.15) is 14.9 Å². The summed E-state index contributed by atoms with van der Waals surface area (Å²) in [5.41, 5.74) is 4.43. The van der Waals surface area contributed by atoms with E-state index >= 15 is 0 Å². The van der Waals surface area contributed by atoms with E-state index in [0.717, 1.165) is 30.6 Å². The van der Waals surface area contributed by atoms with Crippen LogP contribution < -0.4 is 9.47 Å². The van der Waals surface area contributed by atoms with E-state index < -0.39 is 0 Å². The van der Waals surface area contributed by atoms with Crippen molar-refractivity contribution in [2.45, 2.75) is 39.4 Å². The van der Waals surface area contributed by atoms with E-state index in [1.54, 1.807) is 18.0 Å². The smallest absolute Gasteiger partial charge is 0.216 e. The zero-order valence-electron chi connectivity index (χ0n) is 17.9. The quantitative estimate of drug-likeness (QED) is 0.420. The molecule has 0 aliphatic carbocycles. The molecule has 2 heterocycles. The predicted octanol–water partition coefficient (Wildman–Crippen LogP) is 4.88. The van der Waals surface area contributed by atoms with Gasteiger partial charge >= 0.3 is 0 Å². The highest BCUT2D eigenvalue weighted by Crippen LogP contribution is 2.29. The van der Waals surface area contributed by atoms with Gasteiger partial charge in [0.05, 0.1) is 13.3 Å². The van der Waals surface area contributed by atoms with E-state index in [9.17, 15) is 0 Å². The molecule has 1 aromatic heterocycles. The molecule has 1 fully saturated rings. The zero-order valence-corrected chi connectivity index (χ0v) is 18.7. The number of aromatic amines is 1. The average molecular weight is 439 g/mol. The molecule has 0 amide bonds. The molecule has 1 aliphatic heterocycles. The van der Waals surface area contributed by atoms with Crippen LogP contribution >= 0.6 is 12.2 Å². The Bertz CT molecular complexity index is 1150. The highest BCUT2D eigenvalue weighted by atomic mass is 32.1. The molecule has 1 saturated heterocycles. The van der Waals surface area contributed by atoms with E-state index in [1.807, 2.05) is 18.2 Å². The van der Waals surface area contributed by atoms with Gasteiger partial charge < -0.3 is 14.2 Å². The fraction of sp³-hybridized carbons (Fsp3) is 0.348. The zero-order chi connectivity index (χ0) is 21.8. The van der Waals surface area contributed by atoms with Crippen molar-refractivity contribution in [1.29, 1.82) is 0 Å². The molecular formula is C23H26N4O3S. The number of ether oxygens (including phenoxy) is 3. The topological polar surface area (TPSA) is 73.7 Å². The molecule has 31 heavy (non-hydrogen) atoms. The fourth-order valence-corrected chi connectivity index (χ4v) is 3.71. The second-order valence-electron chi connectivity index (χ2n) is 7.57. The molecule has 2 aromatic carbocycles. The number of aryl methyl sites for hydroxylation is 2. The number of benzene rings is 2. The van der Waals surface area contributed by atoms with Crippen LogP contribution in [0.3, 0.4) is 0 Å². The molecule has 7 nitrogen and oxygen atoms in total. The molecule has 0 radical (unpaired) electrons. The minimum absolute atomic E-state index is 0.0829. The van der Waals surface area contributed by atoms with Crippen LogP contribution in [0, 0.1) is 18.6 Å². The van der Waals surface area contributed by atoms with Crippen LogP contribution in [-0.4, -0.2) is 34.8 Å². The average Bonchev–Trinajstić information content (AvgIpc) is 3.43. The standard InChI is InChI=1S/C23H26N4O3S/c1-15-6-7-16(2)18(11-15)14-30-19-9-8-17(12-21(19)28-3)13-24-27-22(25-26-23(27)31)20-5-4-10-29-20/h6-9,11-13,20H,4-5,10,14H2,1-3H3,(H,26,31)/b24-13-. The van der Waals surface area contributed by atoms with Gasteiger partial charge in [-0.05, 0) is 73.8 Å². The van der Waals surface area contributed by atoms with Gasteiger partial charge in [0.1, 0.15) is 12.7 Å². The molecule has 1 unspecified atom stereocenters. The van der Waals surface area contributed by atoms with Gasteiger partial charge in [0, 0.05) is 6.61 Å². The van der Waals surface area contributed by atoms with Gasteiger partial charge in [-0.15, -0.1) is 0 Å². The number of hydrogen-bond donors (Lipinski definition) is 1. The Morgan fingerprint density at radius 3 is 2.90 bits per heavy atom. The van der Waals surface area contributed by atoms with E-state index in [0.29, 0.717) is 28.7 Å². The summed E-state index contributed by atoms with van der Waals surface area (Å²) in [5, 5.41) is 11.6. The number of H-pyrrole nitrogens is 1. The predicted molar refractivity (Wildman–Crippen MR) is 122 cm³/mol. The summed E-state index contributed by atoms with van der Waals surface area (Å²) in [6.07, 6.45) is 3.56. The van der Waals surface area contributed by atoms with Crippen molar-refractivity contribution in [1.82, 2.24) is 14.9 Å². The van der Waals surface area contributed by atoms with Crippen LogP contribution in [0.5, 0.6) is 11.5 Å². The molecule has 162 valence electrons. The van der Waals surface area contributed by atoms with E-state index in [-0.39, 0.29) is 6.10 Å². The highest BCUT2D eigenvalue weighted by Gasteiger charge is 2.23. The third-order valence-electron chi connectivity index (χ3n) is 5.29. The lowest BCUT2D eigenvalue weighted by molar-refractivity contribution is 0.102. The molecule has 0 saturated carbocycles. The maximum atomic E-state index is 6.04. The van der Waals surface area contributed by atoms with E-state index in [4.69, 9.17) is 26.4 Å². The normalized spacial score (nSPS) is 16.2. The van der Waals surface area contributed by atoms with E-state index in [1.165, 1.54) is 11.1 Å². The summed E-state index contributed by atoms with van der Waals surface area (Å²) >= 11 is 5.32. The van der Waals surface area contributed by atoms with Gasteiger partial charge in [-0.1, -0.05) is 23.8 Å². The van der Waals surface area contributed by atoms with Crippen molar-refractivity contribution >= 4 is 18.4 Å². The molecule has 1 atom stereocenters. The molecule has 8 heteroatoms. The van der Waals surface area contributed by atoms with Crippen molar-refractivity contribution in [3.63, 3.8) is 0 Å². The first kappa shape index (κ1) is 21.3. The Hall–Kier alpha value is -2.97. The van der Waals surface area contributed by atoms with Gasteiger partial charge in [0.25, 0.3) is 0 Å². The lowest BCUT2D eigenvalue weighted by Gasteiger charge is -2.13.